The number of rotatable bonds is 8. The fraction of sp³-hybridized carbons (Fsp3) is 0.450. The number of nitrogens with one attached hydrogen (secondary N) is 2. The second kappa shape index (κ2) is 18.7. The van der Waals surface area contributed by atoms with E-state index in [1.54, 1.807) is 18.3 Å². The largest absolute Gasteiger partial charge is 0.487 e. The number of nitrogens with zero attached hydrogens (tertiary/aromatic N) is 1. The number of carbonyl (C=O) groups is 3. The van der Waals surface area contributed by atoms with Gasteiger partial charge in [-0.1, -0.05) is 60.1 Å². The molecule has 81 heavy (non-hydrogen) atoms. The molecular weight excluding hydrogens is 1050 g/mol. The molecule has 0 amide bonds. The van der Waals surface area contributed by atoms with Crippen LogP contribution in [0.3, 0.4) is 0 Å². The van der Waals surface area contributed by atoms with E-state index >= 15 is 0 Å². The Morgan fingerprint density at radius 2 is 1.79 bits per heavy atom. The Hall–Kier alpha value is -7.57. The number of benzene rings is 3. The maximum Gasteiger partial charge on any atom is 0.333 e. The average Bonchev–Trinajstić information content (AvgIpc) is 4.08. The number of carboxylic acids is 1. The van der Waals surface area contributed by atoms with Crippen molar-refractivity contribution in [3.8, 4) is 52.4 Å². The predicted octanol–water partition coefficient (Wildman–Crippen LogP) is 2.25. The number of carboxylic acid groups (broad SMARTS) is 1. The molecule has 8 aliphatic heterocycles. The average molecular weight is 1110 g/mol. The number of H-pyrrole nitrogens is 1. The van der Waals surface area contributed by atoms with Crippen LogP contribution in [-0.4, -0.2) is 131 Å². The van der Waals surface area contributed by atoms with E-state index in [2.05, 4.69) is 34.0 Å². The van der Waals surface area contributed by atoms with Gasteiger partial charge in [0.1, 0.15) is 61.1 Å². The van der Waals surface area contributed by atoms with Gasteiger partial charge < -0.3 is 94.3 Å². The molecule has 5 aromatic rings. The highest BCUT2D eigenvalue weighted by atomic mass is 16.7. The molecule has 420 valence electrons. The van der Waals surface area contributed by atoms with Crippen LogP contribution < -0.4 is 34.7 Å². The van der Waals surface area contributed by atoms with Gasteiger partial charge in [-0.25, -0.2) is 0 Å². The number of aromatic nitrogens is 2. The fourth-order valence-corrected chi connectivity index (χ4v) is 15.4. The summed E-state index contributed by atoms with van der Waals surface area (Å²) in [6.07, 6.45) is -4.11. The van der Waals surface area contributed by atoms with Crippen molar-refractivity contribution in [2.24, 2.45) is 34.3 Å². The van der Waals surface area contributed by atoms with Crippen LogP contribution >= 0.6 is 0 Å². The Morgan fingerprint density at radius 1 is 0.951 bits per heavy atom. The quantitative estimate of drug-likeness (QED) is 0.0350. The van der Waals surface area contributed by atoms with Gasteiger partial charge in [-0.3, -0.25) is 9.59 Å². The lowest BCUT2D eigenvalue weighted by Gasteiger charge is -2.59. The van der Waals surface area contributed by atoms with Crippen LogP contribution in [0.4, 0.5) is 0 Å². The van der Waals surface area contributed by atoms with E-state index in [-0.39, 0.29) is 67.8 Å². The number of esters is 1. The lowest BCUT2D eigenvalue weighted by molar-refractivity contribution is -0.377. The lowest BCUT2D eigenvalue weighted by Crippen LogP contribution is -2.80. The van der Waals surface area contributed by atoms with E-state index in [0.717, 1.165) is 17.2 Å². The van der Waals surface area contributed by atoms with Crippen molar-refractivity contribution in [2.45, 2.75) is 124 Å². The molecule has 21 heteroatoms. The zero-order valence-corrected chi connectivity index (χ0v) is 43.4. The molecule has 2 aromatic heterocycles. The Labute approximate surface area is 462 Å². The van der Waals surface area contributed by atoms with E-state index in [4.69, 9.17) is 38.9 Å². The molecule has 1 saturated heterocycles. The summed E-state index contributed by atoms with van der Waals surface area (Å²) in [5, 5.41) is 86.8. The number of carbonyl (C=O) groups excluding carboxylic acids is 2. The monoisotopic (exact) mass is 1110 g/mol. The number of aromatic amines is 1. The minimum absolute atomic E-state index is 0.0278. The van der Waals surface area contributed by atoms with Crippen LogP contribution in [0.15, 0.2) is 79.3 Å². The fourth-order valence-electron chi connectivity index (χ4n) is 15.4. The number of fused-ring (bicyclic) bond motifs is 8. The molecular formula is C60H58N4O17. The number of aliphatic hydroxyl groups is 6. The summed E-state index contributed by atoms with van der Waals surface area (Å²) in [6.45, 7) is -1.34. The molecule has 9 bridgehead atoms. The van der Waals surface area contributed by atoms with Crippen molar-refractivity contribution in [3.05, 3.63) is 113 Å². The summed E-state index contributed by atoms with van der Waals surface area (Å²) < 4.78 is 48.8. The van der Waals surface area contributed by atoms with Crippen LogP contribution in [0.1, 0.15) is 83.6 Å². The van der Waals surface area contributed by atoms with Gasteiger partial charge in [0.2, 0.25) is 18.0 Å². The molecule has 21 nitrogen and oxygen atoms in total. The summed E-state index contributed by atoms with van der Waals surface area (Å²) >= 11 is 0. The van der Waals surface area contributed by atoms with Crippen LogP contribution in [0.2, 0.25) is 0 Å². The summed E-state index contributed by atoms with van der Waals surface area (Å²) in [7, 11) is 0. The second-order valence-corrected chi connectivity index (χ2v) is 23.0. The molecule has 17 atom stereocenters. The van der Waals surface area contributed by atoms with E-state index in [1.807, 2.05) is 53.2 Å². The van der Waals surface area contributed by atoms with Gasteiger partial charge in [0.25, 0.3) is 0 Å². The first kappa shape index (κ1) is 51.6. The molecule has 3 aromatic carbocycles. The summed E-state index contributed by atoms with van der Waals surface area (Å²) in [5.41, 5.74) is 3.67. The van der Waals surface area contributed by atoms with E-state index < -0.39 is 119 Å². The Morgan fingerprint density at radius 3 is 2.58 bits per heavy atom. The second-order valence-electron chi connectivity index (χ2n) is 23.0. The standard InChI is InChI=1S/C60H58N4O17/c61-53-52-59(17-19-63-53)50(69)51(70)60(74)56(81-59)78-41-20-42-43(49-44-34-9-11-40(76-28-67)48(47(34)79-49)75-26-32(68)6-7-33(46(44)77-42)29-4-2-1-3-5-29)37(23-64-22-30-13-18-62-45(30)39(64)25-66)36(41)21-58(60)16-15-57(27-58)14-12-31(24-65)38(57)10-8-35(54(71)72)55(73)80-52/h1-5,9,11,13,17-20,22,24,31-33,35,38,44,46,49-53,56,62-63,66-70,74H,12,14-16,21,23,25-28,61H2,(H,71,72). The molecule has 2 saturated carbocycles. The van der Waals surface area contributed by atoms with Crippen molar-refractivity contribution in [1.29, 1.82) is 0 Å². The van der Waals surface area contributed by atoms with Gasteiger partial charge in [-0.05, 0) is 79.5 Å². The highest BCUT2D eigenvalue weighted by molar-refractivity contribution is 5.97. The number of aldehydes is 1. The SMILES string of the molecule is NC1NC=CC23OC4Oc5cc6c(c(Cn7cc8cc[nH]c8c7CO)c5CC5(CCC7(CCC(C=O)C7C#CC(C(=O)O)C(=O)OC12)C5)C4(O)C(O)C3O)C1Oc2c3ccc(OCO)c2OCC(O)C#CC(c2ccccc2)C(O6)C31. The maximum atomic E-state index is 14.2. The van der Waals surface area contributed by atoms with Crippen molar-refractivity contribution < 1.29 is 83.3 Å². The summed E-state index contributed by atoms with van der Waals surface area (Å²) in [5.74, 6) is 5.04. The van der Waals surface area contributed by atoms with Crippen LogP contribution in [0, 0.1) is 52.3 Å². The first-order valence-corrected chi connectivity index (χ1v) is 27.2. The third-order valence-corrected chi connectivity index (χ3v) is 19.2. The highest BCUT2D eigenvalue weighted by Gasteiger charge is 2.75. The highest BCUT2D eigenvalue weighted by Crippen LogP contribution is 2.70. The Balaban J connectivity index is 1.04. The van der Waals surface area contributed by atoms with Crippen molar-refractivity contribution in [1.82, 2.24) is 14.9 Å². The molecule has 2 aliphatic carbocycles. The minimum atomic E-state index is -2.52. The molecule has 11 N–H and O–H groups in total. The van der Waals surface area contributed by atoms with Crippen LogP contribution in [0.25, 0.3) is 10.9 Å². The summed E-state index contributed by atoms with van der Waals surface area (Å²) in [4.78, 5) is 43.5. The molecule has 17 unspecified atom stereocenters. The van der Waals surface area contributed by atoms with Gasteiger partial charge in [0.15, 0.2) is 35.6 Å². The topological polar surface area (TPSA) is 316 Å². The van der Waals surface area contributed by atoms with Crippen molar-refractivity contribution in [2.75, 3.05) is 13.4 Å². The zero-order valence-electron chi connectivity index (χ0n) is 43.4. The number of aliphatic carboxylic acids is 1. The molecule has 3 fully saturated rings. The predicted molar refractivity (Wildman–Crippen MR) is 280 cm³/mol. The van der Waals surface area contributed by atoms with E-state index in [9.17, 15) is 50.1 Å². The summed E-state index contributed by atoms with van der Waals surface area (Å²) in [6, 6.07) is 16.5. The Bertz CT molecular complexity index is 3600. The van der Waals surface area contributed by atoms with Crippen molar-refractivity contribution >= 4 is 29.1 Å². The van der Waals surface area contributed by atoms with Crippen LogP contribution in [-0.2, 0) is 43.4 Å². The third kappa shape index (κ3) is 7.39. The van der Waals surface area contributed by atoms with Gasteiger partial charge in [-0.15, -0.1) is 0 Å². The molecule has 3 spiro atoms. The van der Waals surface area contributed by atoms with E-state index in [0.29, 0.717) is 52.7 Å². The van der Waals surface area contributed by atoms with Crippen LogP contribution in [0.5, 0.6) is 28.7 Å². The maximum absolute atomic E-state index is 14.2. The van der Waals surface area contributed by atoms with Gasteiger partial charge >= 0.3 is 11.9 Å². The van der Waals surface area contributed by atoms with Gasteiger partial charge in [0.05, 0.1) is 29.7 Å². The normalized spacial score (nSPS) is 37.1. The smallest absolute Gasteiger partial charge is 0.333 e. The van der Waals surface area contributed by atoms with Gasteiger partial charge in [-0.2, -0.15) is 0 Å². The third-order valence-electron chi connectivity index (χ3n) is 19.2. The molecule has 10 aliphatic rings. The molecule has 15 rings (SSSR count). The van der Waals surface area contributed by atoms with Gasteiger partial charge in [0, 0.05) is 64.3 Å². The van der Waals surface area contributed by atoms with Crippen molar-refractivity contribution in [3.63, 3.8) is 0 Å². The number of hydrogen-bond acceptors (Lipinski definition) is 18. The lowest BCUT2D eigenvalue weighted by atomic mass is 9.58. The molecule has 10 heterocycles. The number of aliphatic hydroxyl groups excluding tert-OH is 5. The Kier molecular flexibility index (Phi) is 11.9. The number of hydrogen-bond donors (Lipinski definition) is 10. The first-order valence-electron chi connectivity index (χ1n) is 27.2. The van der Waals surface area contributed by atoms with E-state index in [1.165, 1.54) is 12.3 Å². The zero-order chi connectivity index (χ0) is 55.9. The minimum Gasteiger partial charge on any atom is -0.487 e. The first-order chi connectivity index (χ1) is 39.2. The number of nitrogens with two attached hydrogens (primary N) is 1. The molecule has 0 radical (unpaired) electrons. The number of ether oxygens (including phenoxy) is 7.